The van der Waals surface area contributed by atoms with Gasteiger partial charge in [0.1, 0.15) is 0 Å². The summed E-state index contributed by atoms with van der Waals surface area (Å²) in [6.07, 6.45) is -0.0411. The van der Waals surface area contributed by atoms with E-state index in [4.69, 9.17) is 15.7 Å². The molecule has 0 aliphatic rings. The first-order valence-corrected chi connectivity index (χ1v) is 8.59. The predicted molar refractivity (Wildman–Crippen MR) is 85.2 cm³/mol. The normalized spacial score (nSPS) is 12.7. The van der Waals surface area contributed by atoms with Gasteiger partial charge in [0.05, 0.1) is 24.2 Å². The molecular formula is C12H18BrN3O4S. The van der Waals surface area contributed by atoms with Gasteiger partial charge in [-0.2, -0.15) is 0 Å². The van der Waals surface area contributed by atoms with Crippen molar-refractivity contribution >= 4 is 37.5 Å². The van der Waals surface area contributed by atoms with Crippen molar-refractivity contribution in [2.75, 3.05) is 17.1 Å². The van der Waals surface area contributed by atoms with E-state index in [9.17, 15) is 8.42 Å². The molecule has 0 fully saturated rings. The lowest BCUT2D eigenvalue weighted by Gasteiger charge is -2.13. The Balaban J connectivity index is 2.92. The zero-order valence-corrected chi connectivity index (χ0v) is 14.1. The third-order valence-electron chi connectivity index (χ3n) is 2.43. The lowest BCUT2D eigenvalue weighted by atomic mass is 10.2. The van der Waals surface area contributed by atoms with Crippen LogP contribution in [0.25, 0.3) is 0 Å². The lowest BCUT2D eigenvalue weighted by Crippen LogP contribution is -2.24. The molecule has 0 saturated carbocycles. The van der Waals surface area contributed by atoms with Gasteiger partial charge in [0.15, 0.2) is 5.84 Å². The molecule has 0 heterocycles. The van der Waals surface area contributed by atoms with E-state index in [1.54, 1.807) is 12.1 Å². The molecule has 9 heteroatoms. The molecule has 0 aliphatic heterocycles. The van der Waals surface area contributed by atoms with E-state index in [2.05, 4.69) is 25.8 Å². The number of nitrogens with zero attached hydrogens (tertiary/aromatic N) is 1. The quantitative estimate of drug-likeness (QED) is 0.288. The van der Waals surface area contributed by atoms with Crippen LogP contribution in [0.1, 0.15) is 19.4 Å². The number of anilines is 1. The number of rotatable bonds is 7. The summed E-state index contributed by atoms with van der Waals surface area (Å²) >= 11 is 3.24. The maximum atomic E-state index is 12.0. The van der Waals surface area contributed by atoms with Crippen LogP contribution >= 0.6 is 15.9 Å². The van der Waals surface area contributed by atoms with Gasteiger partial charge in [-0.05, 0) is 32.0 Å². The van der Waals surface area contributed by atoms with Crippen LogP contribution in [0.2, 0.25) is 0 Å². The highest BCUT2D eigenvalue weighted by Crippen LogP contribution is 2.22. The number of amidine groups is 1. The fourth-order valence-electron chi connectivity index (χ4n) is 1.48. The van der Waals surface area contributed by atoms with Crippen molar-refractivity contribution in [3.63, 3.8) is 0 Å². The third-order valence-corrected chi connectivity index (χ3v) is 4.16. The van der Waals surface area contributed by atoms with Gasteiger partial charge in [-0.15, -0.1) is 0 Å². The van der Waals surface area contributed by atoms with Crippen molar-refractivity contribution < 1.29 is 18.4 Å². The first-order chi connectivity index (χ1) is 9.75. The molecule has 0 atom stereocenters. The van der Waals surface area contributed by atoms with Crippen molar-refractivity contribution in [2.24, 2.45) is 10.9 Å². The number of benzene rings is 1. The number of halogens is 1. The number of hydrogen-bond acceptors (Lipinski definition) is 5. The van der Waals surface area contributed by atoms with Gasteiger partial charge < -0.3 is 15.7 Å². The molecule has 0 aromatic heterocycles. The van der Waals surface area contributed by atoms with Crippen LogP contribution < -0.4 is 10.5 Å². The number of nitrogens with one attached hydrogen (secondary N) is 1. The Bertz CT molecular complexity index is 617. The minimum Gasteiger partial charge on any atom is -0.409 e. The highest BCUT2D eigenvalue weighted by atomic mass is 79.9. The Kier molecular flexibility index (Phi) is 6.43. The molecule has 118 valence electrons. The van der Waals surface area contributed by atoms with E-state index in [-0.39, 0.29) is 35.6 Å². The average Bonchev–Trinajstić information content (AvgIpc) is 2.39. The van der Waals surface area contributed by atoms with Crippen molar-refractivity contribution in [2.45, 2.75) is 20.0 Å². The number of sulfonamides is 1. The largest absolute Gasteiger partial charge is 0.409 e. The van der Waals surface area contributed by atoms with Crippen LogP contribution in [0, 0.1) is 0 Å². The lowest BCUT2D eigenvalue weighted by molar-refractivity contribution is 0.0913. The third kappa shape index (κ3) is 5.90. The second-order valence-corrected chi connectivity index (χ2v) is 7.27. The molecule has 0 spiro atoms. The molecule has 0 bridgehead atoms. The Hall–Kier alpha value is -1.32. The molecule has 0 unspecified atom stereocenters. The van der Waals surface area contributed by atoms with Crippen LogP contribution in [-0.2, 0) is 14.8 Å². The maximum absolute atomic E-state index is 12.0. The number of oxime groups is 1. The van der Waals surface area contributed by atoms with E-state index in [1.807, 2.05) is 13.8 Å². The predicted octanol–water partition coefficient (Wildman–Crippen LogP) is 1.71. The molecule has 1 aromatic rings. The van der Waals surface area contributed by atoms with Crippen molar-refractivity contribution in [3.8, 4) is 0 Å². The molecule has 0 saturated heterocycles. The number of hydrogen-bond donors (Lipinski definition) is 3. The van der Waals surface area contributed by atoms with Crippen LogP contribution in [-0.4, -0.2) is 37.9 Å². The van der Waals surface area contributed by atoms with Gasteiger partial charge >= 0.3 is 0 Å². The fourth-order valence-corrected chi connectivity index (χ4v) is 2.78. The molecule has 0 aliphatic carbocycles. The minimum atomic E-state index is -3.59. The summed E-state index contributed by atoms with van der Waals surface area (Å²) in [5, 5.41) is 11.6. The Morgan fingerprint density at radius 1 is 1.52 bits per heavy atom. The van der Waals surface area contributed by atoms with E-state index < -0.39 is 10.0 Å². The summed E-state index contributed by atoms with van der Waals surface area (Å²) in [7, 11) is -3.59. The minimum absolute atomic E-state index is 0.0411. The maximum Gasteiger partial charge on any atom is 0.235 e. The molecule has 0 amide bonds. The van der Waals surface area contributed by atoms with Crippen LogP contribution in [0.5, 0.6) is 0 Å². The number of nitrogens with two attached hydrogens (primary N) is 1. The summed E-state index contributed by atoms with van der Waals surface area (Å²) in [6, 6.07) is 4.73. The molecule has 1 aromatic carbocycles. The van der Waals surface area contributed by atoms with E-state index in [0.717, 1.165) is 0 Å². The van der Waals surface area contributed by atoms with Crippen molar-refractivity contribution in [1.82, 2.24) is 0 Å². The fraction of sp³-hybridized carbons (Fsp3) is 0.417. The highest BCUT2D eigenvalue weighted by Gasteiger charge is 2.15. The van der Waals surface area contributed by atoms with E-state index in [1.165, 1.54) is 6.07 Å². The second-order valence-electron chi connectivity index (χ2n) is 4.52. The summed E-state index contributed by atoms with van der Waals surface area (Å²) in [6.45, 7) is 3.74. The van der Waals surface area contributed by atoms with Crippen LogP contribution in [0.15, 0.2) is 27.8 Å². The zero-order valence-electron chi connectivity index (χ0n) is 11.7. The standard InChI is InChI=1S/C12H18BrN3O4S/c1-8(2)20-5-6-21(18,19)16-11-4-3-9(13)7-10(11)12(14)15-17/h3-4,7-8,16-17H,5-6H2,1-2H3,(H2,14,15). The molecule has 21 heavy (non-hydrogen) atoms. The van der Waals surface area contributed by atoms with Crippen LogP contribution in [0.3, 0.4) is 0 Å². The smallest absolute Gasteiger partial charge is 0.235 e. The second kappa shape index (κ2) is 7.62. The highest BCUT2D eigenvalue weighted by molar-refractivity contribution is 9.10. The van der Waals surface area contributed by atoms with Gasteiger partial charge in [0, 0.05) is 10.0 Å². The molecule has 4 N–H and O–H groups in total. The van der Waals surface area contributed by atoms with Gasteiger partial charge in [0.2, 0.25) is 10.0 Å². The topological polar surface area (TPSA) is 114 Å². The first-order valence-electron chi connectivity index (χ1n) is 6.14. The number of ether oxygens (including phenoxy) is 1. The summed E-state index contributed by atoms with van der Waals surface area (Å²) in [4.78, 5) is 0. The Labute approximate surface area is 132 Å². The summed E-state index contributed by atoms with van der Waals surface area (Å²) in [5.41, 5.74) is 6.05. The monoisotopic (exact) mass is 379 g/mol. The summed E-state index contributed by atoms with van der Waals surface area (Å²) < 4.78 is 32.3. The van der Waals surface area contributed by atoms with Crippen LogP contribution in [0.4, 0.5) is 5.69 Å². The summed E-state index contributed by atoms with van der Waals surface area (Å²) in [5.74, 6) is -0.371. The van der Waals surface area contributed by atoms with Crippen molar-refractivity contribution in [3.05, 3.63) is 28.2 Å². The Morgan fingerprint density at radius 3 is 2.76 bits per heavy atom. The van der Waals surface area contributed by atoms with Gasteiger partial charge in [-0.3, -0.25) is 4.72 Å². The SMILES string of the molecule is CC(C)OCCS(=O)(=O)Nc1ccc(Br)cc1/C(N)=N/O. The van der Waals surface area contributed by atoms with E-state index >= 15 is 0 Å². The first kappa shape index (κ1) is 17.7. The zero-order chi connectivity index (χ0) is 16.0. The average molecular weight is 380 g/mol. The van der Waals surface area contributed by atoms with Gasteiger partial charge in [-0.25, -0.2) is 8.42 Å². The van der Waals surface area contributed by atoms with Crippen molar-refractivity contribution in [1.29, 1.82) is 0 Å². The van der Waals surface area contributed by atoms with Gasteiger partial charge in [-0.1, -0.05) is 21.1 Å². The Morgan fingerprint density at radius 2 is 2.19 bits per heavy atom. The molecule has 0 radical (unpaired) electrons. The van der Waals surface area contributed by atoms with Gasteiger partial charge in [0.25, 0.3) is 0 Å². The van der Waals surface area contributed by atoms with E-state index in [0.29, 0.717) is 4.47 Å². The molecule has 1 rings (SSSR count). The molecular weight excluding hydrogens is 362 g/mol. The molecule has 7 nitrogen and oxygen atoms in total.